The molecule has 4 rings (SSSR count). The summed E-state index contributed by atoms with van der Waals surface area (Å²) in [6.45, 7) is 2.03. The molecule has 8 heteroatoms. The number of hydrogen-bond acceptors (Lipinski definition) is 5. The molecule has 0 bridgehead atoms. The Morgan fingerprint density at radius 1 is 0.968 bits per heavy atom. The molecule has 0 spiro atoms. The van der Waals surface area contributed by atoms with E-state index in [0.29, 0.717) is 17.2 Å². The van der Waals surface area contributed by atoms with E-state index in [0.717, 1.165) is 5.56 Å². The molecule has 1 heterocycles. The number of rotatable bonds is 6. The lowest BCUT2D eigenvalue weighted by Crippen LogP contribution is -2.28. The molecule has 1 unspecified atom stereocenters. The fourth-order valence-corrected chi connectivity index (χ4v) is 4.52. The van der Waals surface area contributed by atoms with Crippen LogP contribution in [-0.4, -0.2) is 28.2 Å². The van der Waals surface area contributed by atoms with Crippen molar-refractivity contribution in [1.29, 1.82) is 0 Å². The standard InChI is InChI=1S/C23H22N2O5S/c1-16(17-11-12-21-22(14-17)30-15-29-21)24-23(26)18-7-6-10-20(13-18)31(27,28)25(2)19-8-4-3-5-9-19/h3-14,16H,15H2,1-2H3,(H,24,26). The molecule has 1 aliphatic rings. The summed E-state index contributed by atoms with van der Waals surface area (Å²) in [7, 11) is -2.33. The normalized spacial score (nSPS) is 13.5. The minimum Gasteiger partial charge on any atom is -0.454 e. The van der Waals surface area contributed by atoms with Gasteiger partial charge in [0, 0.05) is 12.6 Å². The van der Waals surface area contributed by atoms with Gasteiger partial charge in [0.15, 0.2) is 11.5 Å². The highest BCUT2D eigenvalue weighted by molar-refractivity contribution is 7.92. The van der Waals surface area contributed by atoms with E-state index in [9.17, 15) is 13.2 Å². The highest BCUT2D eigenvalue weighted by atomic mass is 32.2. The Balaban J connectivity index is 1.53. The van der Waals surface area contributed by atoms with Crippen LogP contribution in [0.4, 0.5) is 5.69 Å². The van der Waals surface area contributed by atoms with Crippen LogP contribution in [0.5, 0.6) is 11.5 Å². The average Bonchev–Trinajstić information content (AvgIpc) is 3.27. The number of carbonyl (C=O) groups excluding carboxylic acids is 1. The Hall–Kier alpha value is -3.52. The predicted octanol–water partition coefficient (Wildman–Crippen LogP) is 3.73. The van der Waals surface area contributed by atoms with Crippen molar-refractivity contribution < 1.29 is 22.7 Å². The zero-order valence-corrected chi connectivity index (χ0v) is 17.9. The van der Waals surface area contributed by atoms with Crippen molar-refractivity contribution in [3.05, 3.63) is 83.9 Å². The number of fused-ring (bicyclic) bond motifs is 1. The maximum absolute atomic E-state index is 13.0. The van der Waals surface area contributed by atoms with Gasteiger partial charge in [0.1, 0.15) is 0 Å². The van der Waals surface area contributed by atoms with E-state index >= 15 is 0 Å². The Morgan fingerprint density at radius 2 is 1.71 bits per heavy atom. The molecular weight excluding hydrogens is 416 g/mol. The molecule has 0 radical (unpaired) electrons. The second-order valence-electron chi connectivity index (χ2n) is 7.14. The van der Waals surface area contributed by atoms with E-state index in [4.69, 9.17) is 9.47 Å². The van der Waals surface area contributed by atoms with Crippen LogP contribution in [0.3, 0.4) is 0 Å². The summed E-state index contributed by atoms with van der Waals surface area (Å²) in [6.07, 6.45) is 0. The number of para-hydroxylation sites is 1. The second-order valence-corrected chi connectivity index (χ2v) is 9.11. The van der Waals surface area contributed by atoms with Gasteiger partial charge in [0.2, 0.25) is 6.79 Å². The van der Waals surface area contributed by atoms with Crippen molar-refractivity contribution in [2.45, 2.75) is 17.9 Å². The van der Waals surface area contributed by atoms with Gasteiger partial charge in [-0.05, 0) is 55.0 Å². The predicted molar refractivity (Wildman–Crippen MR) is 117 cm³/mol. The first-order valence-corrected chi connectivity index (χ1v) is 11.1. The van der Waals surface area contributed by atoms with Gasteiger partial charge in [-0.3, -0.25) is 9.10 Å². The number of carbonyl (C=O) groups is 1. The number of nitrogens with zero attached hydrogens (tertiary/aromatic N) is 1. The summed E-state index contributed by atoms with van der Waals surface area (Å²) in [4.78, 5) is 12.8. The molecule has 31 heavy (non-hydrogen) atoms. The van der Waals surface area contributed by atoms with E-state index in [1.165, 1.54) is 23.5 Å². The zero-order valence-electron chi connectivity index (χ0n) is 17.1. The summed E-state index contributed by atoms with van der Waals surface area (Å²) >= 11 is 0. The molecule has 1 atom stereocenters. The average molecular weight is 439 g/mol. The molecule has 0 saturated heterocycles. The molecule has 3 aromatic carbocycles. The number of sulfonamides is 1. The highest BCUT2D eigenvalue weighted by Crippen LogP contribution is 2.34. The molecule has 0 aliphatic carbocycles. The molecular formula is C23H22N2O5S. The van der Waals surface area contributed by atoms with Crippen molar-refractivity contribution in [1.82, 2.24) is 5.32 Å². The molecule has 7 nitrogen and oxygen atoms in total. The Morgan fingerprint density at radius 3 is 2.48 bits per heavy atom. The Labute approximate surface area is 181 Å². The molecule has 160 valence electrons. The van der Waals surface area contributed by atoms with Crippen LogP contribution in [0.15, 0.2) is 77.7 Å². The van der Waals surface area contributed by atoms with Crippen molar-refractivity contribution in [3.63, 3.8) is 0 Å². The third kappa shape index (κ3) is 4.20. The first-order chi connectivity index (χ1) is 14.9. The van der Waals surface area contributed by atoms with Crippen LogP contribution in [0.2, 0.25) is 0 Å². The highest BCUT2D eigenvalue weighted by Gasteiger charge is 2.23. The number of nitrogens with one attached hydrogen (secondary N) is 1. The van der Waals surface area contributed by atoms with Gasteiger partial charge in [0.25, 0.3) is 15.9 Å². The molecule has 0 aromatic heterocycles. The number of amides is 1. The second kappa shape index (κ2) is 8.31. The van der Waals surface area contributed by atoms with E-state index in [-0.39, 0.29) is 29.2 Å². The Kier molecular flexibility index (Phi) is 5.56. The number of ether oxygens (including phenoxy) is 2. The van der Waals surface area contributed by atoms with Gasteiger partial charge in [-0.15, -0.1) is 0 Å². The van der Waals surface area contributed by atoms with Gasteiger partial charge < -0.3 is 14.8 Å². The van der Waals surface area contributed by atoms with E-state index in [2.05, 4.69) is 5.32 Å². The van der Waals surface area contributed by atoms with Crippen LogP contribution in [0, 0.1) is 0 Å². The van der Waals surface area contributed by atoms with E-state index in [1.54, 1.807) is 42.5 Å². The summed E-state index contributed by atoms with van der Waals surface area (Å²) in [6, 6.07) is 19.9. The number of hydrogen-bond donors (Lipinski definition) is 1. The van der Waals surface area contributed by atoms with Crippen LogP contribution >= 0.6 is 0 Å². The minimum atomic E-state index is -3.81. The van der Waals surface area contributed by atoms with Gasteiger partial charge >= 0.3 is 0 Å². The SMILES string of the molecule is CC(NC(=O)c1cccc(S(=O)(=O)N(C)c2ccccc2)c1)c1ccc2c(c1)OCO2. The Bertz CT molecular complexity index is 1210. The smallest absolute Gasteiger partial charge is 0.264 e. The molecule has 0 fully saturated rings. The molecule has 1 amide bonds. The summed E-state index contributed by atoms with van der Waals surface area (Å²) in [5.41, 5.74) is 1.65. The number of benzene rings is 3. The lowest BCUT2D eigenvalue weighted by atomic mass is 10.1. The summed E-state index contributed by atoms with van der Waals surface area (Å²) < 4.78 is 37.9. The third-order valence-electron chi connectivity index (χ3n) is 5.12. The quantitative estimate of drug-likeness (QED) is 0.634. The zero-order chi connectivity index (χ0) is 22.0. The first-order valence-electron chi connectivity index (χ1n) is 9.71. The van der Waals surface area contributed by atoms with Crippen LogP contribution in [0.25, 0.3) is 0 Å². The van der Waals surface area contributed by atoms with E-state index < -0.39 is 10.0 Å². The maximum Gasteiger partial charge on any atom is 0.264 e. The van der Waals surface area contributed by atoms with Crippen molar-refractivity contribution in [2.75, 3.05) is 18.1 Å². The monoisotopic (exact) mass is 438 g/mol. The van der Waals surface area contributed by atoms with Crippen LogP contribution in [-0.2, 0) is 10.0 Å². The van der Waals surface area contributed by atoms with Crippen molar-refractivity contribution in [3.8, 4) is 11.5 Å². The van der Waals surface area contributed by atoms with Gasteiger partial charge in [0.05, 0.1) is 16.6 Å². The van der Waals surface area contributed by atoms with Gasteiger partial charge in [-0.25, -0.2) is 8.42 Å². The fraction of sp³-hybridized carbons (Fsp3) is 0.174. The fourth-order valence-electron chi connectivity index (χ4n) is 3.28. The minimum absolute atomic E-state index is 0.0437. The lowest BCUT2D eigenvalue weighted by molar-refractivity contribution is 0.0939. The number of anilines is 1. The van der Waals surface area contributed by atoms with Crippen molar-refractivity contribution in [2.24, 2.45) is 0 Å². The molecule has 0 saturated carbocycles. The largest absolute Gasteiger partial charge is 0.454 e. The molecule has 3 aromatic rings. The maximum atomic E-state index is 13.0. The summed E-state index contributed by atoms with van der Waals surface area (Å²) in [5.74, 6) is 0.933. The van der Waals surface area contributed by atoms with Crippen LogP contribution in [0.1, 0.15) is 28.9 Å². The topological polar surface area (TPSA) is 84.9 Å². The first kappa shape index (κ1) is 20.7. The lowest BCUT2D eigenvalue weighted by Gasteiger charge is -2.20. The van der Waals surface area contributed by atoms with Gasteiger partial charge in [-0.2, -0.15) is 0 Å². The molecule has 1 N–H and O–H groups in total. The third-order valence-corrected chi connectivity index (χ3v) is 6.90. The van der Waals surface area contributed by atoms with Crippen molar-refractivity contribution >= 4 is 21.6 Å². The van der Waals surface area contributed by atoms with Crippen LogP contribution < -0.4 is 19.1 Å². The molecule has 1 aliphatic heterocycles. The summed E-state index contributed by atoms with van der Waals surface area (Å²) in [5, 5.41) is 2.90. The van der Waals surface area contributed by atoms with Gasteiger partial charge in [-0.1, -0.05) is 30.3 Å². The van der Waals surface area contributed by atoms with E-state index in [1.807, 2.05) is 25.1 Å².